The van der Waals surface area contributed by atoms with Gasteiger partial charge in [0.05, 0.1) is 17.4 Å². The predicted molar refractivity (Wildman–Crippen MR) is 58.1 cm³/mol. The van der Waals surface area contributed by atoms with Crippen LogP contribution in [0, 0.1) is 11.8 Å². The second-order valence-electron chi connectivity index (χ2n) is 2.64. The third kappa shape index (κ3) is 3.49. The Morgan fingerprint density at radius 3 is 3.07 bits per heavy atom. The fourth-order valence-electron chi connectivity index (χ4n) is 0.932. The molecule has 0 spiro atoms. The highest BCUT2D eigenvalue weighted by Gasteiger charge is 2.04. The molecule has 0 atom stereocenters. The van der Waals surface area contributed by atoms with Crippen LogP contribution >= 0.6 is 11.6 Å². The maximum Gasteiger partial charge on any atom is 0.409 e. The summed E-state index contributed by atoms with van der Waals surface area (Å²) in [6.07, 6.45) is 0.876. The number of halogens is 1. The predicted octanol–water partition coefficient (Wildman–Crippen LogP) is 2.59. The van der Waals surface area contributed by atoms with Crippen molar-refractivity contribution in [2.45, 2.75) is 13.3 Å². The van der Waals surface area contributed by atoms with Gasteiger partial charge in [-0.25, -0.2) is 9.78 Å². The molecule has 0 saturated heterocycles. The topological polar surface area (TPSA) is 62.2 Å². The average Bonchev–Trinajstić information content (AvgIpc) is 2.18. The Hall–Kier alpha value is -1.73. The van der Waals surface area contributed by atoms with Gasteiger partial charge >= 0.3 is 6.09 Å². The Labute approximate surface area is 92.3 Å². The fourth-order valence-corrected chi connectivity index (χ4v) is 1.09. The highest BCUT2D eigenvalue weighted by atomic mass is 35.5. The van der Waals surface area contributed by atoms with E-state index in [1.807, 2.05) is 6.92 Å². The van der Waals surface area contributed by atoms with E-state index in [0.717, 1.165) is 0 Å². The van der Waals surface area contributed by atoms with Gasteiger partial charge in [0.15, 0.2) is 0 Å². The minimum Gasteiger partial charge on any atom is -0.465 e. The van der Waals surface area contributed by atoms with Crippen molar-refractivity contribution in [2.24, 2.45) is 0 Å². The fraction of sp³-hybridized carbons (Fsp3) is 0.200. The van der Waals surface area contributed by atoms with E-state index in [1.54, 1.807) is 0 Å². The zero-order valence-corrected chi connectivity index (χ0v) is 8.80. The summed E-state index contributed by atoms with van der Waals surface area (Å²) >= 11 is 5.68. The van der Waals surface area contributed by atoms with Crippen LogP contribution < -0.4 is 5.32 Å². The number of nitrogens with zero attached hydrogens (tertiary/aromatic N) is 1. The molecule has 0 aliphatic heterocycles. The van der Waals surface area contributed by atoms with E-state index in [2.05, 4.69) is 22.1 Å². The van der Waals surface area contributed by atoms with Crippen molar-refractivity contribution in [3.63, 3.8) is 0 Å². The summed E-state index contributed by atoms with van der Waals surface area (Å²) in [6.45, 7) is 1.90. The van der Waals surface area contributed by atoms with Crippen molar-refractivity contribution in [3.8, 4) is 11.8 Å². The molecular weight excluding hydrogens is 216 g/mol. The molecular formula is C10H9ClN2O2. The first-order chi connectivity index (χ1) is 7.13. The summed E-state index contributed by atoms with van der Waals surface area (Å²) < 4.78 is 0. The number of carbonyl (C=O) groups is 1. The van der Waals surface area contributed by atoms with Crippen LogP contribution in [0.15, 0.2) is 12.3 Å². The number of aromatic nitrogens is 1. The van der Waals surface area contributed by atoms with E-state index in [0.29, 0.717) is 17.7 Å². The van der Waals surface area contributed by atoms with Gasteiger partial charge in [-0.3, -0.25) is 5.32 Å². The third-order valence-corrected chi connectivity index (χ3v) is 1.72. The van der Waals surface area contributed by atoms with Gasteiger partial charge in [0, 0.05) is 6.42 Å². The zero-order valence-electron chi connectivity index (χ0n) is 8.04. The maximum atomic E-state index is 10.5. The lowest BCUT2D eigenvalue weighted by Crippen LogP contribution is -2.08. The third-order valence-electron chi connectivity index (χ3n) is 1.51. The van der Waals surface area contributed by atoms with E-state index in [1.165, 1.54) is 12.3 Å². The Kier molecular flexibility index (Phi) is 3.95. The maximum absolute atomic E-state index is 10.5. The molecule has 15 heavy (non-hydrogen) atoms. The highest BCUT2D eigenvalue weighted by molar-refractivity contribution is 6.29. The molecule has 1 aromatic rings. The van der Waals surface area contributed by atoms with Crippen LogP contribution in [0.3, 0.4) is 0 Å². The van der Waals surface area contributed by atoms with Gasteiger partial charge in [-0.05, 0) is 6.07 Å². The van der Waals surface area contributed by atoms with Gasteiger partial charge in [-0.1, -0.05) is 30.4 Å². The number of rotatable bonds is 1. The molecule has 0 radical (unpaired) electrons. The summed E-state index contributed by atoms with van der Waals surface area (Å²) in [6, 6.07) is 1.52. The lowest BCUT2D eigenvalue weighted by atomic mass is 10.2. The molecule has 78 valence electrons. The molecule has 1 amide bonds. The van der Waals surface area contributed by atoms with Crippen molar-refractivity contribution in [1.29, 1.82) is 0 Å². The minimum atomic E-state index is -1.15. The number of hydrogen-bond acceptors (Lipinski definition) is 2. The smallest absolute Gasteiger partial charge is 0.409 e. The molecule has 0 bridgehead atoms. The van der Waals surface area contributed by atoms with Crippen LogP contribution in [0.2, 0.25) is 5.15 Å². The number of carboxylic acid groups (broad SMARTS) is 1. The van der Waals surface area contributed by atoms with Crippen LogP contribution in [-0.4, -0.2) is 16.2 Å². The van der Waals surface area contributed by atoms with Crippen molar-refractivity contribution >= 4 is 23.4 Å². The van der Waals surface area contributed by atoms with E-state index < -0.39 is 6.09 Å². The van der Waals surface area contributed by atoms with Crippen LogP contribution in [0.4, 0.5) is 10.5 Å². The zero-order chi connectivity index (χ0) is 11.3. The SMILES string of the molecule is CCC#Cc1cc(Cl)ncc1NC(=O)O. The molecule has 0 aliphatic carbocycles. The molecule has 4 nitrogen and oxygen atoms in total. The molecule has 1 rings (SSSR count). The van der Waals surface area contributed by atoms with E-state index in [4.69, 9.17) is 16.7 Å². The van der Waals surface area contributed by atoms with Gasteiger partial charge in [0.25, 0.3) is 0 Å². The summed E-state index contributed by atoms with van der Waals surface area (Å²) in [5.74, 6) is 5.64. The van der Waals surface area contributed by atoms with Crippen LogP contribution in [0.5, 0.6) is 0 Å². The Balaban J connectivity index is 3.08. The minimum absolute atomic E-state index is 0.284. The Morgan fingerprint density at radius 1 is 1.73 bits per heavy atom. The van der Waals surface area contributed by atoms with Gasteiger partial charge in [0.1, 0.15) is 5.15 Å². The number of amides is 1. The van der Waals surface area contributed by atoms with Gasteiger partial charge in [-0.2, -0.15) is 0 Å². The second-order valence-corrected chi connectivity index (χ2v) is 3.03. The van der Waals surface area contributed by atoms with Crippen molar-refractivity contribution < 1.29 is 9.90 Å². The first-order valence-corrected chi connectivity index (χ1v) is 4.65. The summed E-state index contributed by atoms with van der Waals surface area (Å²) in [5, 5.41) is 11.1. The standard InChI is InChI=1S/C10H9ClN2O2/c1-2-3-4-7-5-9(11)12-6-8(7)13-10(14)15/h5-6,13H,2H2,1H3,(H,14,15). The number of nitrogens with one attached hydrogen (secondary N) is 1. The van der Waals surface area contributed by atoms with Crippen LogP contribution in [0.1, 0.15) is 18.9 Å². The lowest BCUT2D eigenvalue weighted by Gasteiger charge is -2.03. The van der Waals surface area contributed by atoms with Gasteiger partial charge < -0.3 is 5.11 Å². The molecule has 1 heterocycles. The normalized spacial score (nSPS) is 8.93. The first kappa shape index (κ1) is 11.3. The number of pyridine rings is 1. The number of anilines is 1. The van der Waals surface area contributed by atoms with E-state index in [-0.39, 0.29) is 5.15 Å². The molecule has 0 fully saturated rings. The van der Waals surface area contributed by atoms with E-state index in [9.17, 15) is 4.79 Å². The molecule has 0 aromatic carbocycles. The van der Waals surface area contributed by atoms with Gasteiger partial charge in [-0.15, -0.1) is 0 Å². The molecule has 0 saturated carbocycles. The first-order valence-electron chi connectivity index (χ1n) is 4.28. The second kappa shape index (κ2) is 5.23. The lowest BCUT2D eigenvalue weighted by molar-refractivity contribution is 0.209. The van der Waals surface area contributed by atoms with Crippen molar-refractivity contribution in [3.05, 3.63) is 23.0 Å². The molecule has 1 aromatic heterocycles. The monoisotopic (exact) mass is 224 g/mol. The summed E-state index contributed by atoms with van der Waals surface area (Å²) in [5.41, 5.74) is 0.868. The molecule has 5 heteroatoms. The highest BCUT2D eigenvalue weighted by Crippen LogP contribution is 2.16. The van der Waals surface area contributed by atoms with Crippen LogP contribution in [-0.2, 0) is 0 Å². The molecule has 0 aliphatic rings. The average molecular weight is 225 g/mol. The number of hydrogen-bond donors (Lipinski definition) is 2. The van der Waals surface area contributed by atoms with Crippen molar-refractivity contribution in [2.75, 3.05) is 5.32 Å². The largest absolute Gasteiger partial charge is 0.465 e. The quantitative estimate of drug-likeness (QED) is 0.569. The Morgan fingerprint density at radius 2 is 2.47 bits per heavy atom. The molecule has 2 N–H and O–H groups in total. The van der Waals surface area contributed by atoms with Crippen LogP contribution in [0.25, 0.3) is 0 Å². The van der Waals surface area contributed by atoms with Gasteiger partial charge in [0.2, 0.25) is 0 Å². The summed E-state index contributed by atoms with van der Waals surface area (Å²) in [4.78, 5) is 14.2. The summed E-state index contributed by atoms with van der Waals surface area (Å²) in [7, 11) is 0. The van der Waals surface area contributed by atoms with E-state index >= 15 is 0 Å². The molecule has 0 unspecified atom stereocenters. The van der Waals surface area contributed by atoms with Crippen molar-refractivity contribution in [1.82, 2.24) is 4.98 Å². The Bertz CT molecular complexity index is 435.